The van der Waals surface area contributed by atoms with Gasteiger partial charge in [-0.2, -0.15) is 0 Å². The van der Waals surface area contributed by atoms with Crippen molar-refractivity contribution in [3.8, 4) is 0 Å². The maximum Gasteiger partial charge on any atom is 0.124 e. The second-order valence-electron chi connectivity index (χ2n) is 10.7. The van der Waals surface area contributed by atoms with E-state index in [2.05, 4.69) is 20.9 Å². The maximum atomic E-state index is 10.4. The van der Waals surface area contributed by atoms with Gasteiger partial charge >= 0.3 is 0 Å². The molecule has 0 amide bonds. The summed E-state index contributed by atoms with van der Waals surface area (Å²) < 4.78 is 32.3. The van der Waals surface area contributed by atoms with Crippen LogP contribution in [0.5, 0.6) is 0 Å². The summed E-state index contributed by atoms with van der Waals surface area (Å²) in [6, 6.07) is 5.78. The molecular formula is C30H57NO4S. The van der Waals surface area contributed by atoms with Gasteiger partial charge in [0.05, 0.1) is 31.6 Å². The number of likely N-dealkylation sites (N-methyl/N-ethyl adjacent to an activating group) is 1. The fourth-order valence-corrected chi connectivity index (χ4v) is 5.01. The third-order valence-corrected chi connectivity index (χ3v) is 7.90. The Kier molecular flexibility index (Phi) is 21.5. The van der Waals surface area contributed by atoms with Gasteiger partial charge < -0.3 is 14.1 Å². The van der Waals surface area contributed by atoms with E-state index in [1.54, 1.807) is 12.1 Å². The van der Waals surface area contributed by atoms with Gasteiger partial charge in [-0.1, -0.05) is 109 Å². The van der Waals surface area contributed by atoms with Crippen LogP contribution in [-0.4, -0.2) is 55.8 Å². The van der Waals surface area contributed by atoms with Crippen LogP contribution in [0.3, 0.4) is 0 Å². The fraction of sp³-hybridized carbons (Fsp3) is 0.800. The highest BCUT2D eigenvalue weighted by molar-refractivity contribution is 7.85. The molecule has 0 atom stereocenters. The number of benzene rings is 1. The zero-order valence-electron chi connectivity index (χ0n) is 24.0. The Labute approximate surface area is 224 Å². The molecule has 0 spiro atoms. The predicted molar refractivity (Wildman–Crippen MR) is 152 cm³/mol. The number of hydrogen-bond donors (Lipinski definition) is 1. The number of unbranched alkanes of at least 4 members (excludes halogenated alkanes) is 14. The van der Waals surface area contributed by atoms with Crippen LogP contribution in [0.1, 0.15) is 122 Å². The highest BCUT2D eigenvalue weighted by atomic mass is 32.2. The number of nitrogens with zero attached hydrogens (tertiary/aromatic N) is 1. The SMILES string of the molecule is CCCCCCCCCC[N+](C)(CCO)CCCCCCCCCC.Cc1ccc(S(=O)(=O)[O-])cc1. The summed E-state index contributed by atoms with van der Waals surface area (Å²) in [7, 11) is -1.91. The van der Waals surface area contributed by atoms with Crippen LogP contribution in [0.4, 0.5) is 0 Å². The average molecular weight is 528 g/mol. The Morgan fingerprint density at radius 2 is 1.03 bits per heavy atom. The van der Waals surface area contributed by atoms with Gasteiger partial charge in [0.1, 0.15) is 16.7 Å². The van der Waals surface area contributed by atoms with Gasteiger partial charge in [0.2, 0.25) is 0 Å². The average Bonchev–Trinajstić information content (AvgIpc) is 2.83. The highest BCUT2D eigenvalue weighted by Crippen LogP contribution is 2.14. The Hall–Kier alpha value is -0.950. The van der Waals surface area contributed by atoms with Crippen molar-refractivity contribution in [2.24, 2.45) is 0 Å². The van der Waals surface area contributed by atoms with E-state index in [0.717, 1.165) is 16.6 Å². The van der Waals surface area contributed by atoms with Gasteiger partial charge in [-0.05, 0) is 44.7 Å². The van der Waals surface area contributed by atoms with E-state index in [-0.39, 0.29) is 4.90 Å². The van der Waals surface area contributed by atoms with Gasteiger partial charge in [0.15, 0.2) is 0 Å². The molecule has 1 aromatic carbocycles. The second-order valence-corrected chi connectivity index (χ2v) is 12.1. The minimum atomic E-state index is -4.27. The molecule has 0 unspecified atom stereocenters. The summed E-state index contributed by atoms with van der Waals surface area (Å²) >= 11 is 0. The van der Waals surface area contributed by atoms with Gasteiger partial charge in [-0.15, -0.1) is 0 Å². The molecule has 1 aromatic rings. The molecule has 0 fully saturated rings. The predicted octanol–water partition coefficient (Wildman–Crippen LogP) is 7.61. The Morgan fingerprint density at radius 1 is 0.667 bits per heavy atom. The normalized spacial score (nSPS) is 11.8. The lowest BCUT2D eigenvalue weighted by atomic mass is 10.1. The minimum absolute atomic E-state index is 0.178. The molecule has 0 radical (unpaired) electrons. The smallest absolute Gasteiger partial charge is 0.124 e. The molecule has 0 aromatic heterocycles. The molecule has 0 bridgehead atoms. The third-order valence-electron chi connectivity index (χ3n) is 7.05. The first kappa shape index (κ1) is 35.0. The zero-order chi connectivity index (χ0) is 27.1. The molecule has 0 heterocycles. The van der Waals surface area contributed by atoms with Crippen molar-refractivity contribution in [3.63, 3.8) is 0 Å². The minimum Gasteiger partial charge on any atom is -0.744 e. The molecule has 212 valence electrons. The standard InChI is InChI=1S/C23H50NO.C7H8O3S/c1-4-6-8-10-12-14-16-18-20-24(3,22-23-25)21-19-17-15-13-11-9-7-5-2;1-6-2-4-7(5-3-6)11(8,9)10/h25H,4-23H2,1-3H3;2-5H,1H3,(H,8,9,10)/q+1;/p-1. The molecule has 0 saturated carbocycles. The number of aryl methyl sites for hydroxylation is 1. The molecule has 6 heteroatoms. The number of aliphatic hydroxyl groups excluding tert-OH is 1. The van der Waals surface area contributed by atoms with Crippen molar-refractivity contribution in [3.05, 3.63) is 29.8 Å². The summed E-state index contributed by atoms with van der Waals surface area (Å²) in [4.78, 5) is -0.178. The van der Waals surface area contributed by atoms with Crippen molar-refractivity contribution < 1.29 is 22.6 Å². The van der Waals surface area contributed by atoms with Crippen LogP contribution in [0.25, 0.3) is 0 Å². The second kappa shape index (κ2) is 22.1. The largest absolute Gasteiger partial charge is 0.744 e. The lowest BCUT2D eigenvalue weighted by Gasteiger charge is -2.34. The summed E-state index contributed by atoms with van der Waals surface area (Å²) in [5, 5.41) is 9.43. The van der Waals surface area contributed by atoms with Crippen molar-refractivity contribution in [2.75, 3.05) is 33.3 Å². The Balaban J connectivity index is 0.000000918. The summed E-state index contributed by atoms with van der Waals surface area (Å²) in [5.41, 5.74) is 0.928. The van der Waals surface area contributed by atoms with Crippen molar-refractivity contribution in [2.45, 2.75) is 128 Å². The van der Waals surface area contributed by atoms with E-state index in [9.17, 15) is 18.1 Å². The first-order valence-corrected chi connectivity index (χ1v) is 16.1. The summed E-state index contributed by atoms with van der Waals surface area (Å²) in [5.74, 6) is 0. The lowest BCUT2D eigenvalue weighted by Crippen LogP contribution is -2.47. The number of quaternary nitrogens is 1. The molecule has 1 N–H and O–H groups in total. The monoisotopic (exact) mass is 527 g/mol. The topological polar surface area (TPSA) is 77.4 Å². The first-order valence-electron chi connectivity index (χ1n) is 14.7. The van der Waals surface area contributed by atoms with Crippen molar-refractivity contribution in [1.82, 2.24) is 0 Å². The van der Waals surface area contributed by atoms with Crippen LogP contribution >= 0.6 is 0 Å². The third kappa shape index (κ3) is 20.1. The van der Waals surface area contributed by atoms with Crippen LogP contribution in [-0.2, 0) is 10.1 Å². The molecule has 5 nitrogen and oxygen atoms in total. The summed E-state index contributed by atoms with van der Waals surface area (Å²) in [6.07, 6.45) is 22.3. The molecule has 0 aliphatic rings. The Bertz CT molecular complexity index is 699. The fourth-order valence-electron chi connectivity index (χ4n) is 4.54. The lowest BCUT2D eigenvalue weighted by molar-refractivity contribution is -0.910. The van der Waals surface area contributed by atoms with Crippen LogP contribution in [0.2, 0.25) is 0 Å². The first-order chi connectivity index (χ1) is 17.2. The molecule has 0 saturated heterocycles. The zero-order valence-corrected chi connectivity index (χ0v) is 24.8. The molecular weight excluding hydrogens is 470 g/mol. The van der Waals surface area contributed by atoms with Crippen LogP contribution in [0.15, 0.2) is 29.2 Å². The van der Waals surface area contributed by atoms with E-state index in [1.165, 1.54) is 128 Å². The number of rotatable bonds is 21. The summed E-state index contributed by atoms with van der Waals surface area (Å²) in [6.45, 7) is 10.2. The number of aliphatic hydroxyl groups is 1. The van der Waals surface area contributed by atoms with Crippen LogP contribution in [0, 0.1) is 6.92 Å². The Morgan fingerprint density at radius 3 is 1.36 bits per heavy atom. The van der Waals surface area contributed by atoms with Gasteiger partial charge in [-0.25, -0.2) is 8.42 Å². The maximum absolute atomic E-state index is 10.4. The van der Waals surface area contributed by atoms with Crippen molar-refractivity contribution in [1.29, 1.82) is 0 Å². The van der Waals surface area contributed by atoms with E-state index < -0.39 is 10.1 Å². The van der Waals surface area contributed by atoms with E-state index in [4.69, 9.17) is 0 Å². The van der Waals surface area contributed by atoms with Gasteiger partial charge in [0, 0.05) is 0 Å². The van der Waals surface area contributed by atoms with E-state index in [0.29, 0.717) is 6.61 Å². The van der Waals surface area contributed by atoms with Crippen LogP contribution < -0.4 is 0 Å². The molecule has 0 aliphatic carbocycles. The molecule has 36 heavy (non-hydrogen) atoms. The number of hydrogen-bond acceptors (Lipinski definition) is 4. The van der Waals surface area contributed by atoms with E-state index >= 15 is 0 Å². The molecule has 0 aliphatic heterocycles. The highest BCUT2D eigenvalue weighted by Gasteiger charge is 2.19. The van der Waals surface area contributed by atoms with Crippen molar-refractivity contribution >= 4 is 10.1 Å². The molecule has 1 rings (SSSR count). The van der Waals surface area contributed by atoms with Gasteiger partial charge in [0.25, 0.3) is 0 Å². The van der Waals surface area contributed by atoms with E-state index in [1.807, 2.05) is 6.92 Å². The van der Waals surface area contributed by atoms with Gasteiger partial charge in [-0.3, -0.25) is 0 Å². The quantitative estimate of drug-likeness (QED) is 0.101.